The van der Waals surface area contributed by atoms with Gasteiger partial charge in [0.25, 0.3) is 0 Å². The molecule has 0 spiro atoms. The van der Waals surface area contributed by atoms with Crippen molar-refractivity contribution in [1.82, 2.24) is 5.16 Å². The summed E-state index contributed by atoms with van der Waals surface area (Å²) < 4.78 is 4.93. The molecule has 4 heteroatoms. The Kier molecular flexibility index (Phi) is 1.75. The lowest BCUT2D eigenvalue weighted by molar-refractivity contribution is 0.111. The van der Waals surface area contributed by atoms with Crippen LogP contribution in [0.3, 0.4) is 0 Å². The number of hydrogen-bond acceptors (Lipinski definition) is 4. The summed E-state index contributed by atoms with van der Waals surface area (Å²) in [4.78, 5) is 10.3. The van der Waals surface area contributed by atoms with E-state index in [9.17, 15) is 4.79 Å². The third-order valence-electron chi connectivity index (χ3n) is 1.45. The molecule has 2 aromatic rings. The maximum absolute atomic E-state index is 10.3. The Hall–Kier alpha value is -1.42. The van der Waals surface area contributed by atoms with Crippen LogP contribution in [0.15, 0.2) is 27.4 Å². The van der Waals surface area contributed by atoms with Crippen molar-refractivity contribution < 1.29 is 9.32 Å². The summed E-state index contributed by atoms with van der Waals surface area (Å²) in [5, 5.41) is 7.43. The van der Waals surface area contributed by atoms with E-state index in [1.165, 1.54) is 0 Å². The van der Waals surface area contributed by atoms with Gasteiger partial charge < -0.3 is 4.52 Å². The Morgan fingerprint density at radius 2 is 2.50 bits per heavy atom. The zero-order valence-electron chi connectivity index (χ0n) is 6.06. The lowest BCUT2D eigenvalue weighted by Crippen LogP contribution is -1.72. The zero-order chi connectivity index (χ0) is 8.39. The van der Waals surface area contributed by atoms with Crippen molar-refractivity contribution in [2.75, 3.05) is 0 Å². The second-order valence-corrected chi connectivity index (χ2v) is 3.03. The first kappa shape index (κ1) is 7.24. The molecule has 0 aliphatic carbocycles. The van der Waals surface area contributed by atoms with Gasteiger partial charge in [0.2, 0.25) is 0 Å². The molecule has 0 aromatic carbocycles. The highest BCUT2D eigenvalue weighted by molar-refractivity contribution is 7.08. The van der Waals surface area contributed by atoms with E-state index in [1.54, 1.807) is 17.4 Å². The summed E-state index contributed by atoms with van der Waals surface area (Å²) >= 11 is 1.58. The van der Waals surface area contributed by atoms with Crippen LogP contribution in [0.5, 0.6) is 0 Å². The predicted molar refractivity (Wildman–Crippen MR) is 45.2 cm³/mol. The van der Waals surface area contributed by atoms with Gasteiger partial charge >= 0.3 is 0 Å². The highest BCUT2D eigenvalue weighted by Gasteiger charge is 2.05. The number of carbonyl (C=O) groups excluding carboxylic acids is 1. The summed E-state index contributed by atoms with van der Waals surface area (Å²) in [7, 11) is 0. The topological polar surface area (TPSA) is 43.1 Å². The van der Waals surface area contributed by atoms with Crippen LogP contribution in [0, 0.1) is 0 Å². The Bertz CT molecular complexity index is 377. The van der Waals surface area contributed by atoms with E-state index in [2.05, 4.69) is 5.16 Å². The van der Waals surface area contributed by atoms with Crippen LogP contribution >= 0.6 is 11.3 Å². The molecule has 12 heavy (non-hydrogen) atoms. The number of nitrogens with zero attached hydrogens (tertiary/aromatic N) is 1. The van der Waals surface area contributed by atoms with Gasteiger partial charge in [-0.15, -0.1) is 0 Å². The molecule has 0 unspecified atom stereocenters. The first-order valence-corrected chi connectivity index (χ1v) is 4.29. The first-order valence-electron chi connectivity index (χ1n) is 3.34. The van der Waals surface area contributed by atoms with Gasteiger partial charge in [0.05, 0.1) is 0 Å². The average molecular weight is 179 g/mol. The molecule has 2 heterocycles. The number of thiophene rings is 1. The maximum Gasteiger partial charge on any atom is 0.171 e. The van der Waals surface area contributed by atoms with Gasteiger partial charge in [-0.1, -0.05) is 5.16 Å². The molecule has 60 valence electrons. The molecule has 0 fully saturated rings. The minimum absolute atomic E-state index is 0.330. The van der Waals surface area contributed by atoms with Crippen LogP contribution in [0.1, 0.15) is 10.5 Å². The molecule has 0 amide bonds. The number of carbonyl (C=O) groups is 1. The minimum Gasteiger partial charge on any atom is -0.356 e. The van der Waals surface area contributed by atoms with Crippen molar-refractivity contribution in [2.45, 2.75) is 0 Å². The van der Waals surface area contributed by atoms with Crippen molar-refractivity contribution in [2.24, 2.45) is 0 Å². The fourth-order valence-electron chi connectivity index (χ4n) is 0.885. The Morgan fingerprint density at radius 3 is 3.08 bits per heavy atom. The molecular weight excluding hydrogens is 174 g/mol. The summed E-state index contributed by atoms with van der Waals surface area (Å²) in [5.41, 5.74) is 1.29. The van der Waals surface area contributed by atoms with Crippen LogP contribution in [0.4, 0.5) is 0 Å². The Morgan fingerprint density at radius 1 is 1.58 bits per heavy atom. The van der Waals surface area contributed by atoms with Crippen molar-refractivity contribution in [3.63, 3.8) is 0 Å². The second kappa shape index (κ2) is 2.91. The quantitative estimate of drug-likeness (QED) is 0.664. The summed E-state index contributed by atoms with van der Waals surface area (Å²) in [6.45, 7) is 0. The molecule has 0 atom stereocenters. The van der Waals surface area contributed by atoms with E-state index in [-0.39, 0.29) is 0 Å². The third-order valence-corrected chi connectivity index (χ3v) is 2.14. The predicted octanol–water partition coefficient (Wildman–Crippen LogP) is 2.22. The summed E-state index contributed by atoms with van der Waals surface area (Å²) in [5.74, 6) is 0.637. The van der Waals surface area contributed by atoms with Crippen molar-refractivity contribution >= 4 is 17.6 Å². The number of hydrogen-bond donors (Lipinski definition) is 0. The Labute approximate surface area is 72.6 Å². The fraction of sp³-hybridized carbons (Fsp3) is 0. The number of aromatic nitrogens is 1. The lowest BCUT2D eigenvalue weighted by atomic mass is 10.2. The molecule has 2 aromatic heterocycles. The van der Waals surface area contributed by atoms with E-state index in [0.29, 0.717) is 17.7 Å². The molecule has 3 nitrogen and oxygen atoms in total. The second-order valence-electron chi connectivity index (χ2n) is 2.25. The van der Waals surface area contributed by atoms with E-state index in [4.69, 9.17) is 4.52 Å². The molecule has 0 saturated carbocycles. The van der Waals surface area contributed by atoms with E-state index < -0.39 is 0 Å². The summed E-state index contributed by atoms with van der Waals surface area (Å²) in [6, 6.07) is 3.54. The molecular formula is C8H5NO2S. The van der Waals surface area contributed by atoms with E-state index in [1.807, 2.05) is 16.8 Å². The van der Waals surface area contributed by atoms with Crippen LogP contribution in [-0.4, -0.2) is 11.4 Å². The van der Waals surface area contributed by atoms with Crippen LogP contribution in [-0.2, 0) is 0 Å². The van der Waals surface area contributed by atoms with Crippen LogP contribution in [0.2, 0.25) is 0 Å². The molecule has 0 aliphatic rings. The van der Waals surface area contributed by atoms with Crippen molar-refractivity contribution in [1.29, 1.82) is 0 Å². The average Bonchev–Trinajstić information content (AvgIpc) is 2.75. The molecule has 0 saturated heterocycles. The highest BCUT2D eigenvalue weighted by Crippen LogP contribution is 2.21. The SMILES string of the molecule is O=Cc1cc(-c2ccsc2)on1. The molecule has 0 bridgehead atoms. The van der Waals surface area contributed by atoms with Crippen molar-refractivity contribution in [3.05, 3.63) is 28.6 Å². The van der Waals surface area contributed by atoms with Gasteiger partial charge in [-0.25, -0.2) is 0 Å². The third kappa shape index (κ3) is 1.16. The van der Waals surface area contributed by atoms with Gasteiger partial charge in [0.1, 0.15) is 5.69 Å². The Balaban J connectivity index is 2.41. The number of rotatable bonds is 2. The maximum atomic E-state index is 10.3. The molecule has 0 aliphatic heterocycles. The molecule has 0 radical (unpaired) electrons. The van der Waals surface area contributed by atoms with Crippen LogP contribution < -0.4 is 0 Å². The monoisotopic (exact) mass is 179 g/mol. The first-order chi connectivity index (χ1) is 5.90. The van der Waals surface area contributed by atoms with Gasteiger partial charge in [0.15, 0.2) is 12.0 Å². The van der Waals surface area contributed by atoms with Gasteiger partial charge in [-0.05, 0) is 11.4 Å². The van der Waals surface area contributed by atoms with Crippen molar-refractivity contribution in [3.8, 4) is 11.3 Å². The van der Waals surface area contributed by atoms with Gasteiger partial charge in [0, 0.05) is 17.0 Å². The highest BCUT2D eigenvalue weighted by atomic mass is 32.1. The fourth-order valence-corrected chi connectivity index (χ4v) is 1.53. The molecule has 2 rings (SSSR count). The number of aldehydes is 1. The van der Waals surface area contributed by atoms with E-state index in [0.717, 1.165) is 5.56 Å². The standard InChI is InChI=1S/C8H5NO2S/c10-4-7-3-8(11-9-7)6-1-2-12-5-6/h1-5H. The zero-order valence-corrected chi connectivity index (χ0v) is 6.88. The van der Waals surface area contributed by atoms with E-state index >= 15 is 0 Å². The van der Waals surface area contributed by atoms with Gasteiger partial charge in [-0.3, -0.25) is 4.79 Å². The van der Waals surface area contributed by atoms with Crippen LogP contribution in [0.25, 0.3) is 11.3 Å². The summed E-state index contributed by atoms with van der Waals surface area (Å²) in [6.07, 6.45) is 0.666. The lowest BCUT2D eigenvalue weighted by Gasteiger charge is -1.82. The van der Waals surface area contributed by atoms with Gasteiger partial charge in [-0.2, -0.15) is 11.3 Å². The largest absolute Gasteiger partial charge is 0.356 e. The minimum atomic E-state index is 0.330. The smallest absolute Gasteiger partial charge is 0.171 e. The molecule has 0 N–H and O–H groups in total. The normalized spacial score (nSPS) is 10.0.